The molecule has 1 atom stereocenters. The van der Waals surface area contributed by atoms with Gasteiger partial charge in [0, 0.05) is 24.9 Å². The Morgan fingerprint density at radius 1 is 1.50 bits per heavy atom. The zero-order valence-corrected chi connectivity index (χ0v) is 13.3. The van der Waals surface area contributed by atoms with E-state index in [1.807, 2.05) is 44.6 Å². The number of carbonyl (C=O) groups is 1. The summed E-state index contributed by atoms with van der Waals surface area (Å²) < 4.78 is 6.96. The number of amides is 1. The maximum Gasteiger partial charge on any atom is 0.273 e. The topological polar surface area (TPSA) is 73.0 Å². The zero-order valence-electron chi connectivity index (χ0n) is 12.5. The van der Waals surface area contributed by atoms with Crippen LogP contribution >= 0.6 is 11.3 Å². The van der Waals surface area contributed by atoms with Crippen molar-refractivity contribution in [1.82, 2.24) is 20.3 Å². The van der Waals surface area contributed by atoms with Crippen LogP contribution in [0.4, 0.5) is 0 Å². The van der Waals surface area contributed by atoms with Gasteiger partial charge in [0.1, 0.15) is 0 Å². The Balaban J connectivity index is 1.73. The van der Waals surface area contributed by atoms with Crippen LogP contribution < -0.4 is 5.32 Å². The van der Waals surface area contributed by atoms with Crippen LogP contribution in [0.3, 0.4) is 0 Å². The van der Waals surface area contributed by atoms with Gasteiger partial charge in [0.15, 0.2) is 11.5 Å². The molecule has 3 aromatic heterocycles. The summed E-state index contributed by atoms with van der Waals surface area (Å²) in [6.45, 7) is 3.84. The molecular formula is C15H16N4O2S. The number of rotatable bonds is 4. The van der Waals surface area contributed by atoms with E-state index < -0.39 is 0 Å². The molecular weight excluding hydrogens is 300 g/mol. The van der Waals surface area contributed by atoms with Gasteiger partial charge < -0.3 is 9.84 Å². The number of carbonyl (C=O) groups excluding carboxylic acids is 1. The number of hydrogen-bond donors (Lipinski definition) is 1. The van der Waals surface area contributed by atoms with Gasteiger partial charge in [-0.1, -0.05) is 11.2 Å². The molecule has 22 heavy (non-hydrogen) atoms. The van der Waals surface area contributed by atoms with E-state index in [4.69, 9.17) is 4.52 Å². The van der Waals surface area contributed by atoms with Crippen molar-refractivity contribution in [2.24, 2.45) is 7.05 Å². The Hall–Kier alpha value is -2.41. The molecule has 0 saturated heterocycles. The highest BCUT2D eigenvalue weighted by Gasteiger charge is 2.19. The predicted octanol–water partition coefficient (Wildman–Crippen LogP) is 2.94. The minimum Gasteiger partial charge on any atom is -0.355 e. The molecule has 0 fully saturated rings. The summed E-state index contributed by atoms with van der Waals surface area (Å²) in [5, 5.41) is 13.0. The summed E-state index contributed by atoms with van der Waals surface area (Å²) in [6.07, 6.45) is 1.90. The zero-order chi connectivity index (χ0) is 15.7. The van der Waals surface area contributed by atoms with Gasteiger partial charge in [-0.25, -0.2) is 0 Å². The number of nitrogens with one attached hydrogen (secondary N) is 1. The molecule has 7 heteroatoms. The lowest BCUT2D eigenvalue weighted by Gasteiger charge is -2.11. The molecule has 0 aliphatic carbocycles. The fourth-order valence-electron chi connectivity index (χ4n) is 2.31. The lowest BCUT2D eigenvalue weighted by molar-refractivity contribution is 0.0931. The van der Waals surface area contributed by atoms with Crippen LogP contribution in [-0.4, -0.2) is 20.8 Å². The third kappa shape index (κ3) is 2.80. The average Bonchev–Trinajstić information content (AvgIpc) is 3.17. The molecule has 0 aromatic carbocycles. The van der Waals surface area contributed by atoms with Crippen molar-refractivity contribution in [2.75, 3.05) is 0 Å². The van der Waals surface area contributed by atoms with Gasteiger partial charge >= 0.3 is 0 Å². The first-order chi connectivity index (χ1) is 10.5. The quantitative estimate of drug-likeness (QED) is 0.803. The first-order valence-electron chi connectivity index (χ1n) is 6.86. The summed E-state index contributed by atoms with van der Waals surface area (Å²) in [7, 11) is 1.86. The third-order valence-electron chi connectivity index (χ3n) is 3.37. The molecule has 0 bridgehead atoms. The maximum absolute atomic E-state index is 12.3. The second kappa shape index (κ2) is 5.76. The predicted molar refractivity (Wildman–Crippen MR) is 83.6 cm³/mol. The molecule has 3 aromatic rings. The van der Waals surface area contributed by atoms with E-state index in [-0.39, 0.29) is 17.6 Å². The van der Waals surface area contributed by atoms with E-state index in [0.717, 1.165) is 16.1 Å². The van der Waals surface area contributed by atoms with E-state index in [0.29, 0.717) is 5.76 Å². The van der Waals surface area contributed by atoms with E-state index in [9.17, 15) is 4.79 Å². The summed E-state index contributed by atoms with van der Waals surface area (Å²) in [4.78, 5) is 13.2. The molecule has 1 N–H and O–H groups in total. The standard InChI is InChI=1S/C15H16N4O2S/c1-9(11-8-19(3)17-10(11)2)16-15(20)12-7-13(21-18-12)14-5-4-6-22-14/h4-9H,1-3H3,(H,16,20)/t9-/m1/s1. The van der Waals surface area contributed by atoms with Crippen molar-refractivity contribution in [2.45, 2.75) is 19.9 Å². The summed E-state index contributed by atoms with van der Waals surface area (Å²) in [5.74, 6) is 0.340. The monoisotopic (exact) mass is 316 g/mol. The fraction of sp³-hybridized carbons (Fsp3) is 0.267. The highest BCUT2D eigenvalue weighted by molar-refractivity contribution is 7.13. The van der Waals surface area contributed by atoms with Crippen molar-refractivity contribution in [3.05, 3.63) is 46.7 Å². The van der Waals surface area contributed by atoms with Crippen molar-refractivity contribution in [3.8, 4) is 10.6 Å². The van der Waals surface area contributed by atoms with Gasteiger partial charge in [0.05, 0.1) is 16.6 Å². The van der Waals surface area contributed by atoms with Crippen molar-refractivity contribution in [1.29, 1.82) is 0 Å². The average molecular weight is 316 g/mol. The van der Waals surface area contributed by atoms with E-state index in [1.165, 1.54) is 0 Å². The molecule has 0 aliphatic rings. The fourth-order valence-corrected chi connectivity index (χ4v) is 2.98. The molecule has 3 rings (SSSR count). The molecule has 0 unspecified atom stereocenters. The van der Waals surface area contributed by atoms with Gasteiger partial charge in [-0.15, -0.1) is 11.3 Å². The number of nitrogens with zero attached hydrogens (tertiary/aromatic N) is 3. The second-order valence-corrected chi connectivity index (χ2v) is 6.04. The highest BCUT2D eigenvalue weighted by Crippen LogP contribution is 2.25. The van der Waals surface area contributed by atoms with Crippen LogP contribution in [0.2, 0.25) is 0 Å². The van der Waals surface area contributed by atoms with E-state index in [1.54, 1.807) is 22.1 Å². The molecule has 0 radical (unpaired) electrons. The van der Waals surface area contributed by atoms with Crippen LogP contribution in [0.1, 0.15) is 34.7 Å². The van der Waals surface area contributed by atoms with Crippen molar-refractivity contribution < 1.29 is 9.32 Å². The first kappa shape index (κ1) is 14.5. The lowest BCUT2D eigenvalue weighted by Crippen LogP contribution is -2.27. The van der Waals surface area contributed by atoms with E-state index >= 15 is 0 Å². The lowest BCUT2D eigenvalue weighted by atomic mass is 10.1. The Morgan fingerprint density at radius 3 is 2.95 bits per heavy atom. The van der Waals surface area contributed by atoms with Crippen LogP contribution in [0.5, 0.6) is 0 Å². The van der Waals surface area contributed by atoms with Crippen molar-refractivity contribution in [3.63, 3.8) is 0 Å². The Kier molecular flexibility index (Phi) is 3.81. The van der Waals surface area contributed by atoms with Crippen LogP contribution in [0.25, 0.3) is 10.6 Å². The largest absolute Gasteiger partial charge is 0.355 e. The minimum atomic E-state index is -0.262. The molecule has 3 heterocycles. The Bertz CT molecular complexity index is 788. The smallest absolute Gasteiger partial charge is 0.273 e. The first-order valence-corrected chi connectivity index (χ1v) is 7.74. The molecule has 0 aliphatic heterocycles. The molecule has 1 amide bonds. The number of aryl methyl sites for hydroxylation is 2. The molecule has 6 nitrogen and oxygen atoms in total. The van der Waals surface area contributed by atoms with Gasteiger partial charge in [0.2, 0.25) is 0 Å². The highest BCUT2D eigenvalue weighted by atomic mass is 32.1. The maximum atomic E-state index is 12.3. The van der Waals surface area contributed by atoms with E-state index in [2.05, 4.69) is 15.6 Å². The minimum absolute atomic E-state index is 0.150. The molecule has 114 valence electrons. The number of thiophene rings is 1. The number of hydrogen-bond acceptors (Lipinski definition) is 5. The van der Waals surface area contributed by atoms with Crippen LogP contribution in [0, 0.1) is 6.92 Å². The van der Waals surface area contributed by atoms with Gasteiger partial charge in [-0.3, -0.25) is 9.48 Å². The van der Waals surface area contributed by atoms with Gasteiger partial charge in [-0.2, -0.15) is 5.10 Å². The molecule has 0 spiro atoms. The third-order valence-corrected chi connectivity index (χ3v) is 4.26. The Morgan fingerprint density at radius 2 is 2.32 bits per heavy atom. The molecule has 0 saturated carbocycles. The summed E-state index contributed by atoms with van der Waals surface area (Å²) >= 11 is 1.54. The van der Waals surface area contributed by atoms with Crippen LogP contribution in [0.15, 0.2) is 34.3 Å². The summed E-state index contributed by atoms with van der Waals surface area (Å²) in [5.41, 5.74) is 2.16. The SMILES string of the molecule is Cc1nn(C)cc1[C@@H](C)NC(=O)c1cc(-c2cccs2)on1. The van der Waals surface area contributed by atoms with Gasteiger partial charge in [0.25, 0.3) is 5.91 Å². The second-order valence-electron chi connectivity index (χ2n) is 5.09. The normalized spacial score (nSPS) is 12.3. The summed E-state index contributed by atoms with van der Waals surface area (Å²) in [6, 6.07) is 5.36. The van der Waals surface area contributed by atoms with Gasteiger partial charge in [-0.05, 0) is 25.3 Å². The van der Waals surface area contributed by atoms with Crippen molar-refractivity contribution >= 4 is 17.2 Å². The van der Waals surface area contributed by atoms with Crippen LogP contribution in [-0.2, 0) is 7.05 Å². The number of aromatic nitrogens is 3. The Labute approximate surface area is 131 Å².